The summed E-state index contributed by atoms with van der Waals surface area (Å²) >= 11 is 2.56. The predicted octanol–water partition coefficient (Wildman–Crippen LogP) is 2.88. The third-order valence-electron chi connectivity index (χ3n) is 3.20. The van der Waals surface area contributed by atoms with E-state index in [1.54, 1.807) is 6.92 Å². The SMILES string of the molecule is CC(Sc1nc(N)cc(N)n1)C(=O)Nc1nc(-c2ccccc2)cs1. The molecule has 2 aromatic heterocycles. The Hall–Kier alpha value is -2.65. The quantitative estimate of drug-likeness (QED) is 0.465. The number of carbonyl (C=O) groups excluding carboxylic acids is 1. The van der Waals surface area contributed by atoms with Crippen molar-refractivity contribution in [3.63, 3.8) is 0 Å². The predicted molar refractivity (Wildman–Crippen MR) is 102 cm³/mol. The number of benzene rings is 1. The van der Waals surface area contributed by atoms with E-state index in [9.17, 15) is 4.79 Å². The lowest BCUT2D eigenvalue weighted by Crippen LogP contribution is -2.22. The molecule has 1 amide bonds. The van der Waals surface area contributed by atoms with Crippen LogP contribution in [0.5, 0.6) is 0 Å². The van der Waals surface area contributed by atoms with Gasteiger partial charge in [0, 0.05) is 17.0 Å². The molecular weight excluding hydrogens is 356 g/mol. The summed E-state index contributed by atoms with van der Waals surface area (Å²) < 4.78 is 0. The molecular formula is C16H16N6OS2. The van der Waals surface area contributed by atoms with Crippen LogP contribution in [0.2, 0.25) is 0 Å². The number of hydrogen-bond acceptors (Lipinski definition) is 8. The number of aromatic nitrogens is 3. The molecule has 0 saturated heterocycles. The molecule has 128 valence electrons. The van der Waals surface area contributed by atoms with E-state index in [1.165, 1.54) is 29.2 Å². The van der Waals surface area contributed by atoms with Crippen molar-refractivity contribution in [3.8, 4) is 11.3 Å². The molecule has 0 aliphatic rings. The zero-order chi connectivity index (χ0) is 17.8. The van der Waals surface area contributed by atoms with E-state index < -0.39 is 5.25 Å². The number of hydrogen-bond donors (Lipinski definition) is 3. The molecule has 25 heavy (non-hydrogen) atoms. The number of nitrogen functional groups attached to an aromatic ring is 2. The number of amides is 1. The lowest BCUT2D eigenvalue weighted by molar-refractivity contribution is -0.115. The van der Waals surface area contributed by atoms with Gasteiger partial charge in [-0.2, -0.15) is 0 Å². The van der Waals surface area contributed by atoms with Gasteiger partial charge in [0.25, 0.3) is 0 Å². The zero-order valence-electron chi connectivity index (χ0n) is 13.3. The molecule has 1 unspecified atom stereocenters. The topological polar surface area (TPSA) is 120 Å². The van der Waals surface area contributed by atoms with Gasteiger partial charge >= 0.3 is 0 Å². The highest BCUT2D eigenvalue weighted by atomic mass is 32.2. The number of thioether (sulfide) groups is 1. The Balaban J connectivity index is 1.64. The normalized spacial score (nSPS) is 11.9. The number of anilines is 3. The molecule has 0 radical (unpaired) electrons. The van der Waals surface area contributed by atoms with Crippen molar-refractivity contribution in [1.82, 2.24) is 15.0 Å². The molecule has 5 N–H and O–H groups in total. The molecule has 7 nitrogen and oxygen atoms in total. The Morgan fingerprint density at radius 1 is 1.16 bits per heavy atom. The first-order valence-electron chi connectivity index (χ1n) is 7.40. The summed E-state index contributed by atoms with van der Waals surface area (Å²) in [4.78, 5) is 24.9. The Kier molecular flexibility index (Phi) is 5.15. The fraction of sp³-hybridized carbons (Fsp3) is 0.125. The van der Waals surface area contributed by atoms with Crippen LogP contribution in [0.3, 0.4) is 0 Å². The minimum absolute atomic E-state index is 0.191. The number of carbonyl (C=O) groups is 1. The molecule has 0 fully saturated rings. The summed E-state index contributed by atoms with van der Waals surface area (Å²) in [6.45, 7) is 1.76. The smallest absolute Gasteiger partial charge is 0.239 e. The van der Waals surface area contributed by atoms with Crippen molar-refractivity contribution < 1.29 is 4.79 Å². The van der Waals surface area contributed by atoms with Crippen LogP contribution in [-0.4, -0.2) is 26.1 Å². The van der Waals surface area contributed by atoms with Crippen LogP contribution in [0.4, 0.5) is 16.8 Å². The van der Waals surface area contributed by atoms with Crippen LogP contribution in [0.1, 0.15) is 6.92 Å². The fourth-order valence-corrected chi connectivity index (χ4v) is 3.53. The first kappa shape index (κ1) is 17.2. The number of thiazole rings is 1. The summed E-state index contributed by atoms with van der Waals surface area (Å²) in [5.74, 6) is 0.355. The number of nitrogens with one attached hydrogen (secondary N) is 1. The van der Waals surface area contributed by atoms with E-state index >= 15 is 0 Å². The maximum Gasteiger partial charge on any atom is 0.239 e. The standard InChI is InChI=1S/C16H16N6OS2/c1-9(25-16-20-12(17)7-13(18)21-16)14(23)22-15-19-11(8-24-15)10-5-3-2-4-6-10/h2-9H,1H3,(H,19,22,23)(H4,17,18,20,21). The van der Waals surface area contributed by atoms with Crippen LogP contribution in [0.25, 0.3) is 11.3 Å². The Morgan fingerprint density at radius 3 is 2.52 bits per heavy atom. The van der Waals surface area contributed by atoms with Crippen LogP contribution in [0.15, 0.2) is 46.9 Å². The van der Waals surface area contributed by atoms with Gasteiger partial charge in [0.15, 0.2) is 10.3 Å². The summed E-state index contributed by atoms with van der Waals surface area (Å²) in [5, 5.41) is 5.20. The maximum absolute atomic E-state index is 12.3. The summed E-state index contributed by atoms with van der Waals surface area (Å²) in [5.41, 5.74) is 13.1. The Bertz CT molecular complexity index is 863. The molecule has 0 aliphatic carbocycles. The molecule has 1 atom stereocenters. The van der Waals surface area contributed by atoms with E-state index in [2.05, 4.69) is 20.3 Å². The van der Waals surface area contributed by atoms with E-state index in [0.29, 0.717) is 10.3 Å². The van der Waals surface area contributed by atoms with Crippen molar-refractivity contribution >= 4 is 45.8 Å². The van der Waals surface area contributed by atoms with Gasteiger partial charge in [0.1, 0.15) is 11.6 Å². The maximum atomic E-state index is 12.3. The van der Waals surface area contributed by atoms with Crippen LogP contribution >= 0.6 is 23.1 Å². The lowest BCUT2D eigenvalue weighted by atomic mass is 10.2. The third kappa shape index (κ3) is 4.46. The molecule has 0 saturated carbocycles. The highest BCUT2D eigenvalue weighted by Gasteiger charge is 2.18. The molecule has 3 aromatic rings. The average molecular weight is 372 g/mol. The highest BCUT2D eigenvalue weighted by Crippen LogP contribution is 2.26. The number of nitrogens with two attached hydrogens (primary N) is 2. The van der Waals surface area contributed by atoms with Gasteiger partial charge in [-0.25, -0.2) is 15.0 Å². The second-order valence-electron chi connectivity index (χ2n) is 5.15. The van der Waals surface area contributed by atoms with Crippen LogP contribution in [-0.2, 0) is 4.79 Å². The second-order valence-corrected chi connectivity index (χ2v) is 7.32. The van der Waals surface area contributed by atoms with Crippen LogP contribution in [0, 0.1) is 0 Å². The van der Waals surface area contributed by atoms with E-state index in [1.807, 2.05) is 35.7 Å². The lowest BCUT2D eigenvalue weighted by Gasteiger charge is -2.09. The molecule has 3 rings (SSSR count). The fourth-order valence-electron chi connectivity index (χ4n) is 2.01. The largest absolute Gasteiger partial charge is 0.383 e. The average Bonchev–Trinajstić information content (AvgIpc) is 3.03. The summed E-state index contributed by atoms with van der Waals surface area (Å²) in [7, 11) is 0. The van der Waals surface area contributed by atoms with E-state index in [4.69, 9.17) is 11.5 Å². The molecule has 2 heterocycles. The van der Waals surface area contributed by atoms with Crippen molar-refractivity contribution in [2.24, 2.45) is 0 Å². The Morgan fingerprint density at radius 2 is 1.84 bits per heavy atom. The van der Waals surface area contributed by atoms with E-state index in [-0.39, 0.29) is 17.5 Å². The second kappa shape index (κ2) is 7.49. The number of nitrogens with zero attached hydrogens (tertiary/aromatic N) is 3. The summed E-state index contributed by atoms with van der Waals surface area (Å²) in [6, 6.07) is 11.3. The molecule has 0 spiro atoms. The first-order chi connectivity index (χ1) is 12.0. The summed E-state index contributed by atoms with van der Waals surface area (Å²) in [6.07, 6.45) is 0. The molecule has 0 bridgehead atoms. The molecule has 0 aliphatic heterocycles. The number of rotatable bonds is 5. The van der Waals surface area contributed by atoms with Crippen molar-refractivity contribution in [3.05, 3.63) is 41.8 Å². The Labute approximate surface area is 152 Å². The van der Waals surface area contributed by atoms with Crippen molar-refractivity contribution in [1.29, 1.82) is 0 Å². The monoisotopic (exact) mass is 372 g/mol. The van der Waals surface area contributed by atoms with Gasteiger partial charge in [0.05, 0.1) is 10.9 Å². The van der Waals surface area contributed by atoms with Gasteiger partial charge in [-0.05, 0) is 6.92 Å². The van der Waals surface area contributed by atoms with Gasteiger partial charge in [0.2, 0.25) is 5.91 Å². The third-order valence-corrected chi connectivity index (χ3v) is 4.92. The van der Waals surface area contributed by atoms with Gasteiger partial charge in [-0.1, -0.05) is 42.1 Å². The van der Waals surface area contributed by atoms with Gasteiger partial charge in [-0.3, -0.25) is 4.79 Å². The molecule has 1 aromatic carbocycles. The van der Waals surface area contributed by atoms with E-state index in [0.717, 1.165) is 11.3 Å². The van der Waals surface area contributed by atoms with Crippen molar-refractivity contribution in [2.75, 3.05) is 16.8 Å². The highest BCUT2D eigenvalue weighted by molar-refractivity contribution is 8.00. The van der Waals surface area contributed by atoms with Gasteiger partial charge < -0.3 is 16.8 Å². The molecule has 9 heteroatoms. The van der Waals surface area contributed by atoms with Crippen molar-refractivity contribution in [2.45, 2.75) is 17.3 Å². The minimum Gasteiger partial charge on any atom is -0.383 e. The van der Waals surface area contributed by atoms with Crippen LogP contribution < -0.4 is 16.8 Å². The first-order valence-corrected chi connectivity index (χ1v) is 9.15. The minimum atomic E-state index is -0.426. The van der Waals surface area contributed by atoms with Gasteiger partial charge in [-0.15, -0.1) is 11.3 Å². The zero-order valence-corrected chi connectivity index (χ0v) is 15.0.